The number of ether oxygens (including phenoxy) is 1. The van der Waals surface area contributed by atoms with E-state index in [4.69, 9.17) is 9.53 Å². The molecule has 2 aliphatic rings. The molecular formula is C36H51N3O4. The molecule has 0 radical (unpaired) electrons. The number of carbonyl (C=O) groups is 2. The fourth-order valence-electron chi connectivity index (χ4n) is 4.76. The molecule has 1 heterocycles. The Morgan fingerprint density at radius 3 is 2.21 bits per heavy atom. The van der Waals surface area contributed by atoms with Gasteiger partial charge in [0.15, 0.2) is 5.69 Å². The van der Waals surface area contributed by atoms with Crippen molar-refractivity contribution >= 4 is 12.7 Å². The average Bonchev–Trinajstić information content (AvgIpc) is 3.24. The summed E-state index contributed by atoms with van der Waals surface area (Å²) in [5.74, 6) is 0.953. The van der Waals surface area contributed by atoms with Gasteiger partial charge in [-0.05, 0) is 110 Å². The van der Waals surface area contributed by atoms with Crippen LogP contribution in [0.4, 0.5) is 0 Å². The maximum Gasteiger partial charge on any atom is 0.272 e. The predicted octanol–water partition coefficient (Wildman–Crippen LogP) is 7.85. The van der Waals surface area contributed by atoms with Crippen LogP contribution in [0, 0.1) is 6.92 Å². The summed E-state index contributed by atoms with van der Waals surface area (Å²) in [6.45, 7) is 20.2. The van der Waals surface area contributed by atoms with Gasteiger partial charge in [0.25, 0.3) is 5.91 Å². The van der Waals surface area contributed by atoms with Gasteiger partial charge in [-0.3, -0.25) is 4.79 Å². The highest BCUT2D eigenvalue weighted by Crippen LogP contribution is 2.33. The van der Waals surface area contributed by atoms with Gasteiger partial charge in [-0.2, -0.15) is 5.10 Å². The molecule has 0 spiro atoms. The van der Waals surface area contributed by atoms with Crippen LogP contribution >= 0.6 is 0 Å². The Morgan fingerprint density at radius 2 is 1.74 bits per heavy atom. The predicted molar refractivity (Wildman–Crippen MR) is 175 cm³/mol. The number of nitrogens with one attached hydrogen (secondary N) is 1. The lowest BCUT2D eigenvalue weighted by atomic mass is 9.93. The monoisotopic (exact) mass is 589 g/mol. The van der Waals surface area contributed by atoms with Gasteiger partial charge >= 0.3 is 0 Å². The molecule has 2 N–H and O–H groups in total. The zero-order chi connectivity index (χ0) is 32.3. The molecule has 0 bridgehead atoms. The first kappa shape index (κ1) is 35.5. The first-order valence-electron chi connectivity index (χ1n) is 15.1. The van der Waals surface area contributed by atoms with Crippen molar-refractivity contribution in [2.45, 2.75) is 106 Å². The summed E-state index contributed by atoms with van der Waals surface area (Å²) in [7, 11) is 0. The molecule has 2 aromatic rings. The highest BCUT2D eigenvalue weighted by Gasteiger charge is 2.29. The second-order valence-corrected chi connectivity index (χ2v) is 12.2. The maximum absolute atomic E-state index is 13.3. The minimum atomic E-state index is -0.525. The van der Waals surface area contributed by atoms with Crippen molar-refractivity contribution in [2.75, 3.05) is 6.61 Å². The Balaban J connectivity index is 0.000000706. The molecule has 1 saturated carbocycles. The number of rotatable bonds is 7. The van der Waals surface area contributed by atoms with E-state index in [-0.39, 0.29) is 18.2 Å². The van der Waals surface area contributed by atoms with Gasteiger partial charge in [-0.25, -0.2) is 4.68 Å². The Kier molecular flexibility index (Phi) is 13.4. The molecule has 4 rings (SSSR count). The van der Waals surface area contributed by atoms with E-state index in [9.17, 15) is 9.90 Å². The molecule has 1 fully saturated rings. The third-order valence-corrected chi connectivity index (χ3v) is 7.88. The Hall–Kier alpha value is -3.71. The van der Waals surface area contributed by atoms with Crippen molar-refractivity contribution in [3.63, 3.8) is 0 Å². The highest BCUT2D eigenvalue weighted by molar-refractivity contribution is 5.94. The molecule has 1 unspecified atom stereocenters. The van der Waals surface area contributed by atoms with Crippen molar-refractivity contribution in [3.8, 4) is 5.88 Å². The van der Waals surface area contributed by atoms with Crippen LogP contribution in [0.5, 0.6) is 5.88 Å². The number of aryl methyl sites for hydroxylation is 1. The zero-order valence-electron chi connectivity index (χ0n) is 27.6. The Morgan fingerprint density at radius 1 is 1.12 bits per heavy atom. The largest absolute Gasteiger partial charge is 0.439 e. The van der Waals surface area contributed by atoms with Gasteiger partial charge < -0.3 is 20.0 Å². The van der Waals surface area contributed by atoms with Crippen LogP contribution in [-0.4, -0.2) is 34.2 Å². The first-order chi connectivity index (χ1) is 20.4. The van der Waals surface area contributed by atoms with Crippen molar-refractivity contribution in [2.24, 2.45) is 0 Å². The van der Waals surface area contributed by atoms with Crippen LogP contribution in [0.15, 0.2) is 70.5 Å². The summed E-state index contributed by atoms with van der Waals surface area (Å²) < 4.78 is 8.23. The van der Waals surface area contributed by atoms with E-state index in [1.165, 1.54) is 36.0 Å². The summed E-state index contributed by atoms with van der Waals surface area (Å²) in [5.41, 5.74) is 7.85. The molecule has 43 heavy (non-hydrogen) atoms. The summed E-state index contributed by atoms with van der Waals surface area (Å²) in [6, 6.07) is 7.40. The molecule has 0 saturated heterocycles. The standard InChI is InChI=1S/C29H39N3O3.C6H10.CH2O/c1-9-22-11-13-23(14-12-22)24(17-33)30-27(34)26-21(5)28(32(31-26)29(6,7)8)35-25-15-10-18(2)16-19(3)20(25)4;1-2-6-4-3-5-6;1-2/h10-15,24,33H,9,16-17H2,1-8H3,(H,30,34);2H,3-5H2,1H3;1H2. The van der Waals surface area contributed by atoms with Gasteiger partial charge in [0.05, 0.1) is 18.2 Å². The second-order valence-electron chi connectivity index (χ2n) is 12.2. The van der Waals surface area contributed by atoms with Crippen molar-refractivity contribution in [3.05, 3.63) is 92.9 Å². The molecule has 1 aromatic heterocycles. The maximum atomic E-state index is 13.3. The molecule has 2 aliphatic carbocycles. The van der Waals surface area contributed by atoms with Crippen molar-refractivity contribution in [1.29, 1.82) is 0 Å². The highest BCUT2D eigenvalue weighted by atomic mass is 16.5. The van der Waals surface area contributed by atoms with Gasteiger partial charge in [0, 0.05) is 5.56 Å². The number of hydrogen-bond donors (Lipinski definition) is 2. The van der Waals surface area contributed by atoms with E-state index >= 15 is 0 Å². The van der Waals surface area contributed by atoms with Gasteiger partial charge in [-0.1, -0.05) is 60.1 Å². The normalized spacial score (nSPS) is 15.3. The average molecular weight is 590 g/mol. The summed E-state index contributed by atoms with van der Waals surface area (Å²) in [6.07, 6.45) is 12.3. The van der Waals surface area contributed by atoms with Crippen LogP contribution < -0.4 is 10.1 Å². The third kappa shape index (κ3) is 9.39. The zero-order valence-corrected chi connectivity index (χ0v) is 27.6. The Bertz CT molecular complexity index is 1360. The summed E-state index contributed by atoms with van der Waals surface area (Å²) >= 11 is 0. The number of nitrogens with zero attached hydrogens (tertiary/aromatic N) is 2. The minimum absolute atomic E-state index is 0.207. The lowest BCUT2D eigenvalue weighted by Crippen LogP contribution is -2.32. The Labute approximate surface area is 258 Å². The van der Waals surface area contributed by atoms with Crippen LogP contribution in [0.1, 0.15) is 114 Å². The second kappa shape index (κ2) is 16.2. The van der Waals surface area contributed by atoms with Crippen LogP contribution in [-0.2, 0) is 16.8 Å². The molecule has 7 nitrogen and oxygen atoms in total. The summed E-state index contributed by atoms with van der Waals surface area (Å²) in [5, 5.41) is 17.6. The third-order valence-electron chi connectivity index (χ3n) is 7.88. The number of amides is 1. The minimum Gasteiger partial charge on any atom is -0.439 e. The van der Waals surface area contributed by atoms with Gasteiger partial charge in [0.2, 0.25) is 5.88 Å². The van der Waals surface area contributed by atoms with E-state index in [1.54, 1.807) is 10.3 Å². The van der Waals surface area contributed by atoms with Crippen LogP contribution in [0.2, 0.25) is 0 Å². The molecule has 1 atom stereocenters. The topological polar surface area (TPSA) is 93.5 Å². The van der Waals surface area contributed by atoms with Crippen molar-refractivity contribution < 1.29 is 19.4 Å². The molecule has 7 heteroatoms. The van der Waals surface area contributed by atoms with E-state index in [0.717, 1.165) is 29.7 Å². The van der Waals surface area contributed by atoms with Gasteiger partial charge in [-0.15, -0.1) is 0 Å². The van der Waals surface area contributed by atoms with E-state index in [2.05, 4.69) is 57.2 Å². The molecular weight excluding hydrogens is 538 g/mol. The van der Waals surface area contributed by atoms with E-state index in [1.807, 2.05) is 64.8 Å². The number of aromatic nitrogens is 2. The lowest BCUT2D eigenvalue weighted by Gasteiger charge is -2.23. The number of allylic oxidation sites excluding steroid dienone is 7. The van der Waals surface area contributed by atoms with Crippen LogP contribution in [0.25, 0.3) is 0 Å². The fourth-order valence-corrected chi connectivity index (χ4v) is 4.76. The SMILES string of the molecule is C=O.CC=C1CCC1.CCc1ccc(C(CO)NC(=O)c2nn(C(C)(C)C)c(OC3=CC=C(C)CC(C)=C3C)c2C)cc1. The fraction of sp³-hybridized carbons (Fsp3) is 0.472. The van der Waals surface area contributed by atoms with E-state index in [0.29, 0.717) is 11.4 Å². The number of benzene rings is 1. The van der Waals surface area contributed by atoms with Gasteiger partial charge in [0.1, 0.15) is 12.5 Å². The first-order valence-corrected chi connectivity index (χ1v) is 15.1. The number of carbonyl (C=O) groups excluding carboxylic acids is 2. The lowest BCUT2D eigenvalue weighted by molar-refractivity contribution is -0.0980. The molecule has 0 aliphatic heterocycles. The van der Waals surface area contributed by atoms with Crippen LogP contribution in [0.3, 0.4) is 0 Å². The summed E-state index contributed by atoms with van der Waals surface area (Å²) in [4.78, 5) is 21.3. The van der Waals surface area contributed by atoms with E-state index < -0.39 is 11.6 Å². The molecule has 234 valence electrons. The van der Waals surface area contributed by atoms with Crippen molar-refractivity contribution in [1.82, 2.24) is 15.1 Å². The smallest absolute Gasteiger partial charge is 0.272 e. The number of hydrogen-bond acceptors (Lipinski definition) is 5. The molecule has 1 amide bonds. The number of aliphatic hydroxyl groups excluding tert-OH is 1. The number of aliphatic hydroxyl groups is 1. The quantitative estimate of drug-likeness (QED) is 0.321. The molecule has 1 aromatic carbocycles.